The van der Waals surface area contributed by atoms with Crippen LogP contribution in [0.1, 0.15) is 27.8 Å². The minimum atomic E-state index is -0.643. The van der Waals surface area contributed by atoms with Crippen LogP contribution >= 0.6 is 0 Å². The number of primary amides is 1. The van der Waals surface area contributed by atoms with E-state index >= 15 is 0 Å². The van der Waals surface area contributed by atoms with Gasteiger partial charge < -0.3 is 24.7 Å². The van der Waals surface area contributed by atoms with Gasteiger partial charge in [0.1, 0.15) is 11.5 Å². The molecule has 0 saturated heterocycles. The average molecular weight is 360 g/mol. The molecule has 3 N–H and O–H groups in total. The Kier molecular flexibility index (Phi) is 6.05. The number of benzene rings is 1. The lowest BCUT2D eigenvalue weighted by Crippen LogP contribution is -2.41. The summed E-state index contributed by atoms with van der Waals surface area (Å²) in [5.41, 5.74) is 6.33. The van der Waals surface area contributed by atoms with Crippen molar-refractivity contribution in [3.63, 3.8) is 0 Å². The Balaban J connectivity index is 2.26. The maximum Gasteiger partial charge on any atom is 0.284 e. The average Bonchev–Trinajstić information content (AvgIpc) is 3.04. The summed E-state index contributed by atoms with van der Waals surface area (Å²) < 4.78 is 11.8. The van der Waals surface area contributed by atoms with E-state index in [4.69, 9.17) is 14.9 Å². The number of ether oxygens (including phenoxy) is 1. The lowest BCUT2D eigenvalue weighted by atomic mass is 10.1. The minimum absolute atomic E-state index is 0.0655. The highest BCUT2D eigenvalue weighted by Gasteiger charge is 2.15. The van der Waals surface area contributed by atoms with Crippen molar-refractivity contribution in [1.82, 2.24) is 5.32 Å². The second kappa shape index (κ2) is 8.05. The minimum Gasteiger partial charge on any atom is -0.494 e. The Labute approximate surface area is 153 Å². The van der Waals surface area contributed by atoms with E-state index in [1.165, 1.54) is 6.07 Å². The number of amides is 2. The van der Waals surface area contributed by atoms with Crippen LogP contribution in [0.2, 0.25) is 0 Å². The number of carbonyl (C=O) groups is 2. The fourth-order valence-electron chi connectivity index (χ4n) is 2.35. The first-order chi connectivity index (χ1) is 12.2. The molecule has 0 aliphatic rings. The molecule has 0 unspecified atom stereocenters. The fraction of sp³-hybridized carbons (Fsp3) is 0.368. The number of likely N-dealkylation sites (N-methyl/N-ethyl adjacent to an activating group) is 1. The van der Waals surface area contributed by atoms with Gasteiger partial charge in [-0.25, -0.2) is 0 Å². The first-order valence-corrected chi connectivity index (χ1v) is 8.46. The normalized spacial score (nSPS) is 11.2. The predicted molar refractivity (Wildman–Crippen MR) is 99.1 cm³/mol. The van der Waals surface area contributed by atoms with Crippen molar-refractivity contribution in [3.05, 3.63) is 41.7 Å². The van der Waals surface area contributed by atoms with Crippen LogP contribution in [-0.4, -0.2) is 57.1 Å². The summed E-state index contributed by atoms with van der Waals surface area (Å²) in [6.07, 6.45) is 0. The lowest BCUT2D eigenvalue weighted by Gasteiger charge is -2.23. The standard InChI is InChI=1S/C19H25N3O4/c1-5-25-15-11-13(16-6-7-17(26-16)18(20)23)10-14(12-15)19(24)21-8-9-22(2,3)4/h6-7,10-12H,5,8-9H2,1-4H3,(H2-,20,21,23,24)/p+1. The van der Waals surface area contributed by atoms with Crippen LogP contribution in [0.25, 0.3) is 11.3 Å². The van der Waals surface area contributed by atoms with Crippen LogP contribution in [-0.2, 0) is 0 Å². The van der Waals surface area contributed by atoms with Crippen LogP contribution in [0.3, 0.4) is 0 Å². The predicted octanol–water partition coefficient (Wildman–Crippen LogP) is 1.88. The summed E-state index contributed by atoms with van der Waals surface area (Å²) in [6.45, 7) is 3.70. The Bertz CT molecular complexity index is 790. The van der Waals surface area contributed by atoms with Gasteiger partial charge in [-0.15, -0.1) is 0 Å². The summed E-state index contributed by atoms with van der Waals surface area (Å²) in [4.78, 5) is 23.7. The quantitative estimate of drug-likeness (QED) is 0.703. The molecule has 0 bridgehead atoms. The van der Waals surface area contributed by atoms with Gasteiger partial charge in [-0.3, -0.25) is 9.59 Å². The smallest absolute Gasteiger partial charge is 0.284 e. The number of nitrogens with one attached hydrogen (secondary N) is 1. The summed E-state index contributed by atoms with van der Waals surface area (Å²) in [6, 6.07) is 8.30. The molecule has 1 aromatic heterocycles. The van der Waals surface area contributed by atoms with E-state index in [2.05, 4.69) is 26.5 Å². The topological polar surface area (TPSA) is 94.6 Å². The van der Waals surface area contributed by atoms with Gasteiger partial charge in [0.15, 0.2) is 5.76 Å². The van der Waals surface area contributed by atoms with Gasteiger partial charge in [-0.1, -0.05) is 0 Å². The number of furan rings is 1. The molecule has 0 saturated carbocycles. The molecular formula is C19H26N3O4+. The highest BCUT2D eigenvalue weighted by atomic mass is 16.5. The molecule has 0 aliphatic carbocycles. The third-order valence-corrected chi connectivity index (χ3v) is 3.68. The van der Waals surface area contributed by atoms with Gasteiger partial charge in [0.05, 0.1) is 40.8 Å². The SMILES string of the molecule is CCOc1cc(C(=O)NCC[N+](C)(C)C)cc(-c2ccc(C(N)=O)o2)c1. The van der Waals surface area contributed by atoms with E-state index in [9.17, 15) is 9.59 Å². The maximum atomic E-state index is 12.5. The van der Waals surface area contributed by atoms with E-state index in [-0.39, 0.29) is 11.7 Å². The van der Waals surface area contributed by atoms with Crippen molar-refractivity contribution in [3.8, 4) is 17.1 Å². The monoisotopic (exact) mass is 360 g/mol. The van der Waals surface area contributed by atoms with Crippen LogP contribution in [0.15, 0.2) is 34.7 Å². The molecule has 2 amide bonds. The first-order valence-electron chi connectivity index (χ1n) is 8.46. The van der Waals surface area contributed by atoms with Gasteiger partial charge in [0.25, 0.3) is 11.8 Å². The zero-order valence-corrected chi connectivity index (χ0v) is 15.7. The molecule has 26 heavy (non-hydrogen) atoms. The molecule has 7 heteroatoms. The molecule has 0 fully saturated rings. The molecule has 140 valence electrons. The molecule has 1 heterocycles. The highest BCUT2D eigenvalue weighted by Crippen LogP contribution is 2.28. The largest absolute Gasteiger partial charge is 0.494 e. The number of nitrogens with two attached hydrogens (primary N) is 1. The highest BCUT2D eigenvalue weighted by molar-refractivity contribution is 5.96. The number of hydrogen-bond acceptors (Lipinski definition) is 4. The molecule has 1 aromatic carbocycles. The van der Waals surface area contributed by atoms with Gasteiger partial charge in [-0.2, -0.15) is 0 Å². The van der Waals surface area contributed by atoms with E-state index in [0.717, 1.165) is 11.0 Å². The lowest BCUT2D eigenvalue weighted by molar-refractivity contribution is -0.869. The Hall–Kier alpha value is -2.80. The van der Waals surface area contributed by atoms with Crippen LogP contribution in [0.5, 0.6) is 5.75 Å². The summed E-state index contributed by atoms with van der Waals surface area (Å²) in [7, 11) is 6.19. The van der Waals surface area contributed by atoms with Crippen molar-refractivity contribution in [2.75, 3.05) is 40.8 Å². The zero-order valence-electron chi connectivity index (χ0n) is 15.7. The van der Waals surface area contributed by atoms with Gasteiger partial charge >= 0.3 is 0 Å². The molecule has 0 spiro atoms. The van der Waals surface area contributed by atoms with E-state index in [1.54, 1.807) is 24.3 Å². The van der Waals surface area contributed by atoms with Crippen LogP contribution in [0, 0.1) is 0 Å². The second-order valence-corrected chi connectivity index (χ2v) is 6.98. The number of carbonyl (C=O) groups excluding carboxylic acids is 2. The third-order valence-electron chi connectivity index (χ3n) is 3.68. The Morgan fingerprint density at radius 1 is 1.19 bits per heavy atom. The van der Waals surface area contributed by atoms with Crippen molar-refractivity contribution in [2.45, 2.75) is 6.92 Å². The number of quaternary nitrogens is 1. The van der Waals surface area contributed by atoms with Crippen molar-refractivity contribution in [1.29, 1.82) is 0 Å². The molecule has 7 nitrogen and oxygen atoms in total. The van der Waals surface area contributed by atoms with E-state index < -0.39 is 5.91 Å². The first kappa shape index (κ1) is 19.5. The number of hydrogen-bond donors (Lipinski definition) is 2. The zero-order chi connectivity index (χ0) is 19.3. The van der Waals surface area contributed by atoms with Crippen LogP contribution < -0.4 is 15.8 Å². The molecular weight excluding hydrogens is 334 g/mol. The van der Waals surface area contributed by atoms with E-state index in [1.807, 2.05) is 6.92 Å². The second-order valence-electron chi connectivity index (χ2n) is 6.98. The van der Waals surface area contributed by atoms with Crippen LogP contribution in [0.4, 0.5) is 0 Å². The van der Waals surface area contributed by atoms with Gasteiger partial charge in [0.2, 0.25) is 0 Å². The fourth-order valence-corrected chi connectivity index (χ4v) is 2.35. The van der Waals surface area contributed by atoms with Crippen molar-refractivity contribution >= 4 is 11.8 Å². The van der Waals surface area contributed by atoms with E-state index in [0.29, 0.717) is 35.8 Å². The summed E-state index contributed by atoms with van der Waals surface area (Å²) in [5, 5.41) is 2.91. The van der Waals surface area contributed by atoms with Crippen molar-refractivity contribution in [2.24, 2.45) is 5.73 Å². The number of rotatable bonds is 8. The molecule has 0 atom stereocenters. The Morgan fingerprint density at radius 3 is 2.50 bits per heavy atom. The summed E-state index contributed by atoms with van der Waals surface area (Å²) in [5.74, 6) is 0.230. The molecule has 2 rings (SSSR count). The molecule has 2 aromatic rings. The maximum absolute atomic E-state index is 12.5. The van der Waals surface area contributed by atoms with Gasteiger partial charge in [-0.05, 0) is 37.3 Å². The van der Waals surface area contributed by atoms with Gasteiger partial charge in [0, 0.05) is 11.1 Å². The van der Waals surface area contributed by atoms with Crippen molar-refractivity contribution < 1.29 is 23.2 Å². The third kappa shape index (κ3) is 5.35. The summed E-state index contributed by atoms with van der Waals surface area (Å²) >= 11 is 0. The molecule has 0 radical (unpaired) electrons. The Morgan fingerprint density at radius 2 is 1.92 bits per heavy atom. The molecule has 0 aliphatic heterocycles. The number of nitrogens with zero attached hydrogens (tertiary/aromatic N) is 1.